The normalized spacial score (nSPS) is 17.6. The molecule has 1 aliphatic rings. The van der Waals surface area contributed by atoms with E-state index in [4.69, 9.17) is 5.73 Å². The summed E-state index contributed by atoms with van der Waals surface area (Å²) in [5.74, 6) is 1.55. The van der Waals surface area contributed by atoms with Crippen molar-refractivity contribution in [3.63, 3.8) is 0 Å². The van der Waals surface area contributed by atoms with Gasteiger partial charge in [-0.2, -0.15) is 0 Å². The van der Waals surface area contributed by atoms with E-state index in [1.165, 1.54) is 29.5 Å². The Morgan fingerprint density at radius 3 is 2.65 bits per heavy atom. The van der Waals surface area contributed by atoms with E-state index in [9.17, 15) is 0 Å². The zero-order valence-corrected chi connectivity index (χ0v) is 13.0. The molecule has 0 spiro atoms. The van der Waals surface area contributed by atoms with Gasteiger partial charge in [-0.05, 0) is 50.2 Å². The number of aryl methyl sites for hydroxylation is 2. The molecule has 1 saturated heterocycles. The Balaban J connectivity index is 1.86. The second kappa shape index (κ2) is 6.78. The van der Waals surface area contributed by atoms with Crippen molar-refractivity contribution in [2.75, 3.05) is 19.6 Å². The van der Waals surface area contributed by atoms with Gasteiger partial charge in [0.1, 0.15) is 0 Å². The minimum Gasteiger partial charge on any atom is -0.370 e. The van der Waals surface area contributed by atoms with Crippen LogP contribution < -0.4 is 5.73 Å². The Hall–Kier alpha value is -1.51. The first-order chi connectivity index (χ1) is 9.56. The fourth-order valence-corrected chi connectivity index (χ4v) is 2.75. The lowest BCUT2D eigenvalue weighted by molar-refractivity contribution is 0.277. The lowest BCUT2D eigenvalue weighted by atomic mass is 10.00. The zero-order valence-electron chi connectivity index (χ0n) is 13.0. The highest BCUT2D eigenvalue weighted by atomic mass is 15.3. The van der Waals surface area contributed by atoms with E-state index in [2.05, 4.69) is 48.9 Å². The maximum Gasteiger partial charge on any atom is 0.191 e. The molecule has 0 aromatic heterocycles. The van der Waals surface area contributed by atoms with E-state index >= 15 is 0 Å². The highest BCUT2D eigenvalue weighted by Gasteiger charge is 2.16. The Bertz CT molecular complexity index is 471. The molecule has 110 valence electrons. The maximum absolute atomic E-state index is 6.10. The van der Waals surface area contributed by atoms with Crippen LogP contribution in [0, 0.1) is 19.8 Å². The van der Waals surface area contributed by atoms with Crippen LogP contribution in [0.4, 0.5) is 0 Å². The van der Waals surface area contributed by atoms with Gasteiger partial charge in [0.25, 0.3) is 0 Å². The molecule has 0 aliphatic carbocycles. The number of hydrogen-bond acceptors (Lipinski definition) is 1. The van der Waals surface area contributed by atoms with Gasteiger partial charge in [-0.1, -0.05) is 30.7 Å². The van der Waals surface area contributed by atoms with Gasteiger partial charge >= 0.3 is 0 Å². The Morgan fingerprint density at radius 1 is 1.30 bits per heavy atom. The Kier molecular flexibility index (Phi) is 5.05. The van der Waals surface area contributed by atoms with E-state index in [1.54, 1.807) is 0 Å². The molecule has 1 aromatic carbocycles. The summed E-state index contributed by atoms with van der Waals surface area (Å²) in [4.78, 5) is 6.78. The largest absolute Gasteiger partial charge is 0.370 e. The lowest BCUT2D eigenvalue weighted by Gasteiger charge is -2.31. The molecule has 1 aliphatic heterocycles. The first-order valence-electron chi connectivity index (χ1n) is 7.67. The zero-order chi connectivity index (χ0) is 14.5. The Morgan fingerprint density at radius 2 is 2.00 bits per heavy atom. The van der Waals surface area contributed by atoms with Gasteiger partial charge in [0.2, 0.25) is 0 Å². The number of benzene rings is 1. The van der Waals surface area contributed by atoms with Crippen LogP contribution in [0.15, 0.2) is 23.2 Å². The maximum atomic E-state index is 6.10. The van der Waals surface area contributed by atoms with Crippen molar-refractivity contribution < 1.29 is 0 Å². The second-order valence-corrected chi connectivity index (χ2v) is 6.09. The van der Waals surface area contributed by atoms with Crippen molar-refractivity contribution in [3.05, 3.63) is 34.9 Å². The number of hydrogen-bond donors (Lipinski definition) is 1. The quantitative estimate of drug-likeness (QED) is 0.679. The molecule has 3 nitrogen and oxygen atoms in total. The van der Waals surface area contributed by atoms with Gasteiger partial charge in [-0.3, -0.25) is 4.99 Å². The Labute approximate surface area is 122 Å². The topological polar surface area (TPSA) is 41.6 Å². The smallest absolute Gasteiger partial charge is 0.191 e. The van der Waals surface area contributed by atoms with Crippen molar-refractivity contribution in [3.8, 4) is 0 Å². The summed E-state index contributed by atoms with van der Waals surface area (Å²) in [6.45, 7) is 9.50. The molecule has 1 aromatic rings. The van der Waals surface area contributed by atoms with Crippen molar-refractivity contribution in [1.29, 1.82) is 0 Å². The molecule has 0 amide bonds. The molecular formula is C17H27N3. The number of rotatable bonds is 3. The summed E-state index contributed by atoms with van der Waals surface area (Å²) in [6, 6.07) is 6.61. The first-order valence-corrected chi connectivity index (χ1v) is 7.67. The fourth-order valence-electron chi connectivity index (χ4n) is 2.75. The molecule has 0 unspecified atom stereocenters. The van der Waals surface area contributed by atoms with E-state index in [-0.39, 0.29) is 0 Å². The molecular weight excluding hydrogens is 246 g/mol. The molecule has 0 atom stereocenters. The monoisotopic (exact) mass is 273 g/mol. The highest BCUT2D eigenvalue weighted by molar-refractivity contribution is 5.78. The lowest BCUT2D eigenvalue weighted by Crippen LogP contribution is -2.42. The van der Waals surface area contributed by atoms with Crippen molar-refractivity contribution in [2.45, 2.75) is 40.0 Å². The van der Waals surface area contributed by atoms with Crippen LogP contribution in [-0.2, 0) is 6.42 Å². The average Bonchev–Trinajstić information content (AvgIpc) is 2.42. The molecule has 20 heavy (non-hydrogen) atoms. The van der Waals surface area contributed by atoms with Crippen LogP contribution in [0.5, 0.6) is 0 Å². The van der Waals surface area contributed by atoms with Gasteiger partial charge < -0.3 is 10.6 Å². The number of nitrogens with zero attached hydrogens (tertiary/aromatic N) is 2. The van der Waals surface area contributed by atoms with Crippen LogP contribution >= 0.6 is 0 Å². The summed E-state index contributed by atoms with van der Waals surface area (Å²) >= 11 is 0. The van der Waals surface area contributed by atoms with Gasteiger partial charge in [-0.25, -0.2) is 0 Å². The minimum absolute atomic E-state index is 0.724. The third kappa shape index (κ3) is 3.99. The average molecular weight is 273 g/mol. The van der Waals surface area contributed by atoms with E-state index in [0.717, 1.165) is 37.9 Å². The van der Waals surface area contributed by atoms with Crippen LogP contribution in [0.2, 0.25) is 0 Å². The van der Waals surface area contributed by atoms with Crippen molar-refractivity contribution in [1.82, 2.24) is 4.90 Å². The number of aliphatic imine (C=N–C) groups is 1. The number of piperidine rings is 1. The van der Waals surface area contributed by atoms with Crippen LogP contribution in [0.1, 0.15) is 36.5 Å². The summed E-state index contributed by atoms with van der Waals surface area (Å²) in [7, 11) is 0. The van der Waals surface area contributed by atoms with Gasteiger partial charge in [0, 0.05) is 19.6 Å². The molecule has 0 radical (unpaired) electrons. The van der Waals surface area contributed by atoms with Crippen molar-refractivity contribution >= 4 is 5.96 Å². The second-order valence-electron chi connectivity index (χ2n) is 6.09. The highest BCUT2D eigenvalue weighted by Crippen LogP contribution is 2.15. The summed E-state index contributed by atoms with van der Waals surface area (Å²) in [5.41, 5.74) is 10.1. The van der Waals surface area contributed by atoms with Gasteiger partial charge in [0.05, 0.1) is 0 Å². The third-order valence-electron chi connectivity index (χ3n) is 4.26. The molecule has 3 heteroatoms. The molecule has 0 saturated carbocycles. The summed E-state index contributed by atoms with van der Waals surface area (Å²) < 4.78 is 0. The van der Waals surface area contributed by atoms with E-state index in [0.29, 0.717) is 0 Å². The molecule has 1 heterocycles. The fraction of sp³-hybridized carbons (Fsp3) is 0.588. The van der Waals surface area contributed by atoms with Crippen LogP contribution in [0.3, 0.4) is 0 Å². The predicted molar refractivity (Wildman–Crippen MR) is 86.1 cm³/mol. The van der Waals surface area contributed by atoms with Gasteiger partial charge in [0.15, 0.2) is 5.96 Å². The molecule has 2 N–H and O–H groups in total. The van der Waals surface area contributed by atoms with Crippen molar-refractivity contribution in [2.24, 2.45) is 16.6 Å². The van der Waals surface area contributed by atoms with Crippen LogP contribution in [-0.4, -0.2) is 30.5 Å². The number of guanidine groups is 1. The first kappa shape index (κ1) is 14.9. The van der Waals surface area contributed by atoms with Crippen LogP contribution in [0.25, 0.3) is 0 Å². The molecule has 0 bridgehead atoms. The third-order valence-corrected chi connectivity index (χ3v) is 4.26. The predicted octanol–water partition coefficient (Wildman–Crippen LogP) is 2.89. The minimum atomic E-state index is 0.724. The SMILES string of the molecule is Cc1ccc(CCN=C(N)N2CCC(C)CC2)c(C)c1. The number of nitrogens with two attached hydrogens (primary N) is 1. The standard InChI is InChI=1S/C17H27N3/c1-13-7-10-20(11-8-13)17(18)19-9-6-16-5-4-14(2)12-15(16)3/h4-5,12-13H,6-11H2,1-3H3,(H2,18,19). The molecule has 2 rings (SSSR count). The van der Waals surface area contributed by atoms with E-state index in [1.807, 2.05) is 0 Å². The molecule has 1 fully saturated rings. The van der Waals surface area contributed by atoms with Gasteiger partial charge in [-0.15, -0.1) is 0 Å². The van der Waals surface area contributed by atoms with E-state index < -0.39 is 0 Å². The number of likely N-dealkylation sites (tertiary alicyclic amines) is 1. The summed E-state index contributed by atoms with van der Waals surface area (Å²) in [5, 5.41) is 0. The summed E-state index contributed by atoms with van der Waals surface area (Å²) in [6.07, 6.45) is 3.43.